The number of ether oxygens (including phenoxy) is 1. The predicted molar refractivity (Wildman–Crippen MR) is 72.8 cm³/mol. The summed E-state index contributed by atoms with van der Waals surface area (Å²) in [5, 5.41) is 9.76. The molecule has 0 spiro atoms. The second kappa shape index (κ2) is 6.21. The first kappa shape index (κ1) is 17.7. The first-order valence-electron chi connectivity index (χ1n) is 5.55. The zero-order chi connectivity index (χ0) is 14.1. The van der Waals surface area contributed by atoms with Gasteiger partial charge < -0.3 is 15.6 Å². The molecular weight excluding hydrogens is 273 g/mol. The molecule has 0 aromatic heterocycles. The molecule has 1 atom stereocenters. The Bertz CT molecular complexity index is 477. The highest BCUT2D eigenvalue weighted by Gasteiger charge is 2.38. The molecule has 3 N–H and O–H groups in total. The van der Waals surface area contributed by atoms with Gasteiger partial charge in [0.05, 0.1) is 12.5 Å². The Morgan fingerprint density at radius 1 is 1.47 bits per heavy atom. The number of phenolic OH excluding ortho intramolecular Hbond substituents is 1. The number of aryl methyl sites for hydroxylation is 1. The maximum atomic E-state index is 13.6. The minimum absolute atomic E-state index is 0. The standard InChI is InChI=1S/C13H18FNO3.ClH/c1-7-5-6-8(10(16)9(7)14)11(15)13(2,3)12(17)18-4;/h5-6,11,16H,15H2,1-4H3;1H/t11-;/m0./s1. The number of carbonyl (C=O) groups is 1. The summed E-state index contributed by atoms with van der Waals surface area (Å²) in [5.74, 6) is -1.75. The topological polar surface area (TPSA) is 72.5 Å². The van der Waals surface area contributed by atoms with Crippen molar-refractivity contribution in [1.82, 2.24) is 0 Å². The Hall–Kier alpha value is -1.33. The number of benzene rings is 1. The van der Waals surface area contributed by atoms with Gasteiger partial charge in [0.15, 0.2) is 11.6 Å². The third kappa shape index (κ3) is 3.16. The van der Waals surface area contributed by atoms with Crippen molar-refractivity contribution in [1.29, 1.82) is 0 Å². The molecular formula is C13H19ClFNO3. The van der Waals surface area contributed by atoms with E-state index in [-0.39, 0.29) is 18.0 Å². The van der Waals surface area contributed by atoms with Crippen LogP contribution in [0.15, 0.2) is 12.1 Å². The summed E-state index contributed by atoms with van der Waals surface area (Å²) < 4.78 is 18.3. The molecule has 0 aliphatic carbocycles. The molecule has 0 radical (unpaired) electrons. The number of halogens is 2. The van der Waals surface area contributed by atoms with Crippen LogP contribution in [0, 0.1) is 18.2 Å². The zero-order valence-corrected chi connectivity index (χ0v) is 12.2. The number of nitrogens with two attached hydrogens (primary N) is 1. The van der Waals surface area contributed by atoms with Crippen LogP contribution < -0.4 is 5.73 Å². The molecule has 19 heavy (non-hydrogen) atoms. The Morgan fingerprint density at radius 2 is 2.00 bits per heavy atom. The average molecular weight is 292 g/mol. The van der Waals surface area contributed by atoms with Crippen molar-refractivity contribution >= 4 is 18.4 Å². The largest absolute Gasteiger partial charge is 0.505 e. The molecule has 0 aliphatic heterocycles. The minimum atomic E-state index is -1.06. The monoisotopic (exact) mass is 291 g/mol. The summed E-state index contributed by atoms with van der Waals surface area (Å²) >= 11 is 0. The third-order valence-electron chi connectivity index (χ3n) is 3.16. The molecule has 0 heterocycles. The molecule has 0 unspecified atom stereocenters. The molecule has 0 amide bonds. The summed E-state index contributed by atoms with van der Waals surface area (Å²) in [6.07, 6.45) is 0. The number of phenols is 1. The molecule has 4 nitrogen and oxygen atoms in total. The molecule has 0 bridgehead atoms. The predicted octanol–water partition coefficient (Wildman–Crippen LogP) is 2.46. The van der Waals surface area contributed by atoms with Gasteiger partial charge in [-0.3, -0.25) is 4.79 Å². The van der Waals surface area contributed by atoms with E-state index in [1.54, 1.807) is 13.8 Å². The highest BCUT2D eigenvalue weighted by Crippen LogP contribution is 2.38. The van der Waals surface area contributed by atoms with E-state index < -0.39 is 29.0 Å². The highest BCUT2D eigenvalue weighted by atomic mass is 35.5. The van der Waals surface area contributed by atoms with Crippen molar-refractivity contribution in [3.63, 3.8) is 0 Å². The quantitative estimate of drug-likeness (QED) is 0.839. The Morgan fingerprint density at radius 3 is 2.47 bits per heavy atom. The van der Waals surface area contributed by atoms with E-state index in [1.807, 2.05) is 0 Å². The molecule has 0 saturated carbocycles. The third-order valence-corrected chi connectivity index (χ3v) is 3.16. The number of aromatic hydroxyl groups is 1. The van der Waals surface area contributed by atoms with Crippen LogP contribution in [-0.2, 0) is 9.53 Å². The summed E-state index contributed by atoms with van der Waals surface area (Å²) in [6.45, 7) is 4.71. The molecule has 0 saturated heterocycles. The van der Waals surface area contributed by atoms with Crippen LogP contribution >= 0.6 is 12.4 Å². The van der Waals surface area contributed by atoms with Crippen molar-refractivity contribution in [3.8, 4) is 5.75 Å². The van der Waals surface area contributed by atoms with Gasteiger partial charge in [-0.25, -0.2) is 4.39 Å². The van der Waals surface area contributed by atoms with E-state index >= 15 is 0 Å². The van der Waals surface area contributed by atoms with Crippen molar-refractivity contribution in [2.45, 2.75) is 26.8 Å². The summed E-state index contributed by atoms with van der Waals surface area (Å²) in [7, 11) is 1.26. The minimum Gasteiger partial charge on any atom is -0.505 e. The fraction of sp³-hybridized carbons (Fsp3) is 0.462. The van der Waals surface area contributed by atoms with E-state index in [1.165, 1.54) is 26.2 Å². The van der Waals surface area contributed by atoms with Crippen LogP contribution in [-0.4, -0.2) is 18.2 Å². The lowest BCUT2D eigenvalue weighted by Gasteiger charge is -2.29. The second-order valence-corrected chi connectivity index (χ2v) is 4.83. The molecule has 0 fully saturated rings. The van der Waals surface area contributed by atoms with Gasteiger partial charge in [-0.2, -0.15) is 0 Å². The van der Waals surface area contributed by atoms with Gasteiger partial charge in [0.1, 0.15) is 0 Å². The second-order valence-electron chi connectivity index (χ2n) is 4.83. The SMILES string of the molecule is COC(=O)C(C)(C)[C@@H](N)c1ccc(C)c(F)c1O.Cl. The van der Waals surface area contributed by atoms with Crippen LogP contribution in [0.5, 0.6) is 5.75 Å². The van der Waals surface area contributed by atoms with Gasteiger partial charge in [-0.1, -0.05) is 12.1 Å². The molecule has 1 rings (SSSR count). The molecule has 1 aromatic carbocycles. The number of hydrogen-bond acceptors (Lipinski definition) is 4. The van der Waals surface area contributed by atoms with Crippen LogP contribution in [0.3, 0.4) is 0 Å². The normalized spacial score (nSPS) is 12.5. The fourth-order valence-electron chi connectivity index (χ4n) is 1.71. The summed E-state index contributed by atoms with van der Waals surface area (Å²) in [6, 6.07) is 2.17. The first-order valence-corrected chi connectivity index (χ1v) is 5.55. The zero-order valence-electron chi connectivity index (χ0n) is 11.4. The van der Waals surface area contributed by atoms with Crippen LogP contribution in [0.2, 0.25) is 0 Å². The number of esters is 1. The molecule has 0 aliphatic rings. The van der Waals surface area contributed by atoms with Crippen molar-refractivity contribution in [2.24, 2.45) is 11.1 Å². The highest BCUT2D eigenvalue weighted by molar-refractivity contribution is 5.85. The number of rotatable bonds is 3. The molecule has 108 valence electrons. The Balaban J connectivity index is 0.00000324. The van der Waals surface area contributed by atoms with Crippen LogP contribution in [0.4, 0.5) is 4.39 Å². The number of methoxy groups -OCH3 is 1. The van der Waals surface area contributed by atoms with E-state index in [4.69, 9.17) is 5.73 Å². The Kier molecular flexibility index (Phi) is 5.78. The van der Waals surface area contributed by atoms with Crippen LogP contribution in [0.25, 0.3) is 0 Å². The maximum absolute atomic E-state index is 13.6. The Labute approximate surface area is 118 Å². The van der Waals surface area contributed by atoms with Crippen molar-refractivity contribution in [3.05, 3.63) is 29.1 Å². The van der Waals surface area contributed by atoms with Gasteiger partial charge in [0.2, 0.25) is 0 Å². The van der Waals surface area contributed by atoms with Gasteiger partial charge in [-0.05, 0) is 26.3 Å². The van der Waals surface area contributed by atoms with Crippen LogP contribution in [0.1, 0.15) is 31.0 Å². The fourth-order valence-corrected chi connectivity index (χ4v) is 1.71. The van der Waals surface area contributed by atoms with Crippen molar-refractivity contribution < 1.29 is 19.0 Å². The van der Waals surface area contributed by atoms with E-state index in [0.29, 0.717) is 5.56 Å². The number of hydrogen-bond donors (Lipinski definition) is 2. The lowest BCUT2D eigenvalue weighted by molar-refractivity contribution is -0.152. The van der Waals surface area contributed by atoms with E-state index in [0.717, 1.165) is 0 Å². The first-order chi connectivity index (χ1) is 8.23. The number of carbonyl (C=O) groups excluding carboxylic acids is 1. The summed E-state index contributed by atoms with van der Waals surface area (Å²) in [4.78, 5) is 11.6. The van der Waals surface area contributed by atoms with Gasteiger partial charge in [0, 0.05) is 11.6 Å². The van der Waals surface area contributed by atoms with Crippen molar-refractivity contribution in [2.75, 3.05) is 7.11 Å². The smallest absolute Gasteiger partial charge is 0.313 e. The average Bonchev–Trinajstić information content (AvgIpc) is 2.34. The van der Waals surface area contributed by atoms with Gasteiger partial charge >= 0.3 is 5.97 Å². The molecule has 6 heteroatoms. The van der Waals surface area contributed by atoms with E-state index in [9.17, 15) is 14.3 Å². The van der Waals surface area contributed by atoms with E-state index in [2.05, 4.69) is 4.74 Å². The summed E-state index contributed by atoms with van der Waals surface area (Å²) in [5.41, 5.74) is 5.39. The van der Waals surface area contributed by atoms with Gasteiger partial charge in [0.25, 0.3) is 0 Å². The maximum Gasteiger partial charge on any atom is 0.313 e. The lowest BCUT2D eigenvalue weighted by Crippen LogP contribution is -2.37. The molecule has 1 aromatic rings. The van der Waals surface area contributed by atoms with Gasteiger partial charge in [-0.15, -0.1) is 12.4 Å². The lowest BCUT2D eigenvalue weighted by atomic mass is 9.80.